The second-order valence-corrected chi connectivity index (χ2v) is 7.30. The van der Waals surface area contributed by atoms with Gasteiger partial charge in [0.25, 0.3) is 0 Å². The van der Waals surface area contributed by atoms with Crippen LogP contribution in [0.15, 0.2) is 75.7 Å². The number of benzene rings is 2. The first kappa shape index (κ1) is 17.6. The van der Waals surface area contributed by atoms with Crippen molar-refractivity contribution in [2.45, 2.75) is 6.54 Å². The number of hydrogen-bond donors (Lipinski definition) is 0. The quantitative estimate of drug-likeness (QED) is 0.476. The molecule has 0 fully saturated rings. The van der Waals surface area contributed by atoms with Gasteiger partial charge in [0.1, 0.15) is 5.75 Å². The number of nitrogens with zero attached hydrogens (tertiary/aromatic N) is 2. The monoisotopic (exact) mass is 406 g/mol. The highest BCUT2D eigenvalue weighted by atomic mass is 32.1. The zero-order valence-corrected chi connectivity index (χ0v) is 16.5. The lowest BCUT2D eigenvalue weighted by Gasteiger charge is -2.09. The predicted octanol–water partition coefficient (Wildman–Crippen LogP) is 4.83. The molecule has 0 saturated carbocycles. The Balaban J connectivity index is 1.59. The fraction of sp³-hybridized carbons (Fsp3) is 0.136. The SMILES string of the molecule is COc1cccc(N=c2scc(-c3ccco3)n2Cc2ccc3c(c2)OCO3)c1. The average Bonchev–Trinajstić information content (AvgIpc) is 3.49. The van der Waals surface area contributed by atoms with Gasteiger partial charge in [0, 0.05) is 11.4 Å². The van der Waals surface area contributed by atoms with Gasteiger partial charge < -0.3 is 23.2 Å². The lowest BCUT2D eigenvalue weighted by Crippen LogP contribution is -2.16. The number of methoxy groups -OCH3 is 1. The van der Waals surface area contributed by atoms with E-state index in [1.54, 1.807) is 24.7 Å². The second kappa shape index (κ2) is 7.52. The van der Waals surface area contributed by atoms with Crippen LogP contribution in [0.25, 0.3) is 11.5 Å². The third-order valence-electron chi connectivity index (χ3n) is 4.63. The molecule has 0 amide bonds. The summed E-state index contributed by atoms with van der Waals surface area (Å²) in [7, 11) is 1.65. The van der Waals surface area contributed by atoms with Crippen molar-refractivity contribution < 1.29 is 18.6 Å². The number of ether oxygens (including phenoxy) is 3. The van der Waals surface area contributed by atoms with E-state index in [0.29, 0.717) is 6.54 Å². The Morgan fingerprint density at radius 3 is 2.86 bits per heavy atom. The Kier molecular flexibility index (Phi) is 4.57. The first-order valence-electron chi connectivity index (χ1n) is 9.10. The molecule has 7 heteroatoms. The van der Waals surface area contributed by atoms with Crippen molar-refractivity contribution in [2.75, 3.05) is 13.9 Å². The predicted molar refractivity (Wildman–Crippen MR) is 110 cm³/mol. The van der Waals surface area contributed by atoms with Crippen LogP contribution in [0.1, 0.15) is 5.56 Å². The normalized spacial score (nSPS) is 13.1. The van der Waals surface area contributed by atoms with Crippen molar-refractivity contribution in [3.8, 4) is 28.7 Å². The second-order valence-electron chi connectivity index (χ2n) is 6.47. The number of rotatable bonds is 5. The molecular weight excluding hydrogens is 388 g/mol. The largest absolute Gasteiger partial charge is 0.497 e. The molecule has 0 aliphatic carbocycles. The Hall–Kier alpha value is -3.45. The van der Waals surface area contributed by atoms with Crippen molar-refractivity contribution in [2.24, 2.45) is 4.99 Å². The van der Waals surface area contributed by atoms with Gasteiger partial charge >= 0.3 is 0 Å². The molecular formula is C22H18N2O4S. The molecule has 2 aromatic carbocycles. The minimum Gasteiger partial charge on any atom is -0.497 e. The van der Waals surface area contributed by atoms with E-state index in [2.05, 4.69) is 9.95 Å². The van der Waals surface area contributed by atoms with Gasteiger partial charge in [0.15, 0.2) is 22.1 Å². The molecule has 0 radical (unpaired) electrons. The highest BCUT2D eigenvalue weighted by Gasteiger charge is 2.16. The van der Waals surface area contributed by atoms with Crippen LogP contribution < -0.4 is 19.0 Å². The molecule has 6 nitrogen and oxygen atoms in total. The van der Waals surface area contributed by atoms with E-state index in [9.17, 15) is 0 Å². The standard InChI is InChI=1S/C22H18N2O4S/c1-25-17-5-2-4-16(11-17)23-22-24(18(13-29-22)19-6-3-9-26-19)12-15-7-8-20-21(10-15)28-14-27-20/h2-11,13H,12,14H2,1H3. The summed E-state index contributed by atoms with van der Waals surface area (Å²) in [5, 5.41) is 2.06. The summed E-state index contributed by atoms with van der Waals surface area (Å²) < 4.78 is 24.1. The van der Waals surface area contributed by atoms with E-state index in [1.165, 1.54) is 0 Å². The molecule has 29 heavy (non-hydrogen) atoms. The number of hydrogen-bond acceptors (Lipinski definition) is 6. The van der Waals surface area contributed by atoms with Crippen LogP contribution in [-0.2, 0) is 6.54 Å². The maximum atomic E-state index is 5.65. The molecule has 146 valence electrons. The van der Waals surface area contributed by atoms with Crippen LogP contribution >= 0.6 is 11.3 Å². The highest BCUT2D eigenvalue weighted by Crippen LogP contribution is 2.33. The van der Waals surface area contributed by atoms with Gasteiger partial charge in [-0.25, -0.2) is 4.99 Å². The number of thiazole rings is 1. The van der Waals surface area contributed by atoms with Gasteiger partial charge in [-0.05, 0) is 42.0 Å². The van der Waals surface area contributed by atoms with Gasteiger partial charge in [-0.3, -0.25) is 0 Å². The molecule has 0 atom stereocenters. The van der Waals surface area contributed by atoms with E-state index >= 15 is 0 Å². The summed E-state index contributed by atoms with van der Waals surface area (Å²) >= 11 is 1.57. The van der Waals surface area contributed by atoms with Crippen LogP contribution in [0.4, 0.5) is 5.69 Å². The fourth-order valence-corrected chi connectivity index (χ4v) is 4.11. The zero-order chi connectivity index (χ0) is 19.6. The number of fused-ring (bicyclic) bond motifs is 1. The van der Waals surface area contributed by atoms with E-state index in [-0.39, 0.29) is 6.79 Å². The van der Waals surface area contributed by atoms with E-state index in [1.807, 2.05) is 54.6 Å². The third kappa shape index (κ3) is 3.52. The Morgan fingerprint density at radius 1 is 1.07 bits per heavy atom. The summed E-state index contributed by atoms with van der Waals surface area (Å²) in [6.07, 6.45) is 1.68. The lowest BCUT2D eigenvalue weighted by molar-refractivity contribution is 0.174. The molecule has 1 aliphatic rings. The maximum absolute atomic E-state index is 5.65. The van der Waals surface area contributed by atoms with E-state index in [0.717, 1.165) is 44.8 Å². The van der Waals surface area contributed by atoms with Crippen LogP contribution in [0.2, 0.25) is 0 Å². The number of aromatic nitrogens is 1. The van der Waals surface area contributed by atoms with Crippen LogP contribution in [0.3, 0.4) is 0 Å². The maximum Gasteiger partial charge on any atom is 0.231 e. The smallest absolute Gasteiger partial charge is 0.231 e. The molecule has 0 unspecified atom stereocenters. The molecule has 1 aliphatic heterocycles. The topological polar surface area (TPSA) is 58.1 Å². The minimum atomic E-state index is 0.262. The Labute approximate surface area is 171 Å². The van der Waals surface area contributed by atoms with Crippen molar-refractivity contribution >= 4 is 17.0 Å². The van der Waals surface area contributed by atoms with Gasteiger partial charge in [0.05, 0.1) is 31.3 Å². The summed E-state index contributed by atoms with van der Waals surface area (Å²) in [5.41, 5.74) is 2.89. The van der Waals surface area contributed by atoms with Crippen LogP contribution in [0, 0.1) is 0 Å². The average molecular weight is 406 g/mol. The van der Waals surface area contributed by atoms with Crippen molar-refractivity contribution in [3.63, 3.8) is 0 Å². The molecule has 0 N–H and O–H groups in total. The minimum absolute atomic E-state index is 0.262. The fourth-order valence-electron chi connectivity index (χ4n) is 3.21. The highest BCUT2D eigenvalue weighted by molar-refractivity contribution is 7.07. The molecule has 2 aromatic heterocycles. The van der Waals surface area contributed by atoms with E-state index in [4.69, 9.17) is 23.6 Å². The molecule has 4 aromatic rings. The van der Waals surface area contributed by atoms with Crippen LogP contribution in [0.5, 0.6) is 17.2 Å². The van der Waals surface area contributed by atoms with Crippen molar-refractivity contribution in [3.05, 3.63) is 76.6 Å². The van der Waals surface area contributed by atoms with Gasteiger partial charge in [-0.1, -0.05) is 12.1 Å². The molecule has 0 bridgehead atoms. The van der Waals surface area contributed by atoms with Crippen molar-refractivity contribution in [1.29, 1.82) is 0 Å². The summed E-state index contributed by atoms with van der Waals surface area (Å²) in [5.74, 6) is 3.12. The first-order chi connectivity index (χ1) is 14.3. The lowest BCUT2D eigenvalue weighted by atomic mass is 10.2. The molecule has 3 heterocycles. The third-order valence-corrected chi connectivity index (χ3v) is 5.49. The number of furan rings is 1. The summed E-state index contributed by atoms with van der Waals surface area (Å²) in [4.78, 5) is 5.72. The molecule has 5 rings (SSSR count). The van der Waals surface area contributed by atoms with Gasteiger partial charge in [-0.2, -0.15) is 0 Å². The van der Waals surface area contributed by atoms with Gasteiger partial charge in [-0.15, -0.1) is 11.3 Å². The van der Waals surface area contributed by atoms with Crippen molar-refractivity contribution in [1.82, 2.24) is 4.57 Å². The van der Waals surface area contributed by atoms with E-state index < -0.39 is 0 Å². The molecule has 0 spiro atoms. The Bertz CT molecular complexity index is 1210. The molecule has 0 saturated heterocycles. The van der Waals surface area contributed by atoms with Crippen LogP contribution in [-0.4, -0.2) is 18.5 Å². The van der Waals surface area contributed by atoms with Gasteiger partial charge in [0.2, 0.25) is 6.79 Å². The zero-order valence-electron chi connectivity index (χ0n) is 15.7. The Morgan fingerprint density at radius 2 is 2.00 bits per heavy atom. The summed E-state index contributed by atoms with van der Waals surface area (Å²) in [6.45, 7) is 0.886. The first-order valence-corrected chi connectivity index (χ1v) is 9.97. The summed E-state index contributed by atoms with van der Waals surface area (Å²) in [6, 6.07) is 17.5.